The summed E-state index contributed by atoms with van der Waals surface area (Å²) >= 11 is 0. The van der Waals surface area contributed by atoms with Gasteiger partial charge in [-0.2, -0.15) is 0 Å². The molecule has 6 heteroatoms. The lowest BCUT2D eigenvalue weighted by atomic mass is 10.0. The number of hydrogen-bond donors (Lipinski definition) is 1. The number of ether oxygens (including phenoxy) is 2. The van der Waals surface area contributed by atoms with Gasteiger partial charge in [-0.15, -0.1) is 0 Å². The number of carbonyl (C=O) groups excluding carboxylic acids is 2. The lowest BCUT2D eigenvalue weighted by Crippen LogP contribution is -2.37. The molecule has 0 saturated carbocycles. The van der Waals surface area contributed by atoms with E-state index < -0.39 is 0 Å². The van der Waals surface area contributed by atoms with Crippen LogP contribution in [-0.4, -0.2) is 49.6 Å². The fraction of sp³-hybridized carbons (Fsp3) is 0.579. The van der Waals surface area contributed by atoms with Crippen molar-refractivity contribution in [2.45, 2.75) is 52.2 Å². The third kappa shape index (κ3) is 4.51. The van der Waals surface area contributed by atoms with E-state index in [4.69, 9.17) is 9.47 Å². The van der Waals surface area contributed by atoms with Gasteiger partial charge in [-0.1, -0.05) is 13.0 Å². The largest absolute Gasteiger partial charge is 0.496 e. The Hall–Kier alpha value is -2.08. The molecule has 1 saturated heterocycles. The molecule has 0 aromatic heterocycles. The molecule has 1 aliphatic heterocycles. The first kappa shape index (κ1) is 19.2. The van der Waals surface area contributed by atoms with Gasteiger partial charge in [0.15, 0.2) is 0 Å². The van der Waals surface area contributed by atoms with Gasteiger partial charge in [0.05, 0.1) is 14.2 Å². The van der Waals surface area contributed by atoms with Crippen LogP contribution in [0.1, 0.15) is 36.5 Å². The number of hydrogen-bond acceptors (Lipinski definition) is 5. The third-order valence-electron chi connectivity index (χ3n) is 4.79. The van der Waals surface area contributed by atoms with E-state index in [0.29, 0.717) is 25.9 Å². The van der Waals surface area contributed by atoms with E-state index >= 15 is 0 Å². The van der Waals surface area contributed by atoms with E-state index in [2.05, 4.69) is 16.3 Å². The Morgan fingerprint density at radius 1 is 1.24 bits per heavy atom. The molecule has 6 nitrogen and oxygen atoms in total. The molecule has 1 aliphatic rings. The first-order valence-electron chi connectivity index (χ1n) is 8.64. The molecule has 0 spiro atoms. The van der Waals surface area contributed by atoms with E-state index in [0.717, 1.165) is 22.4 Å². The zero-order valence-electron chi connectivity index (χ0n) is 15.7. The summed E-state index contributed by atoms with van der Waals surface area (Å²) < 4.78 is 10.3. The molecule has 0 unspecified atom stereocenters. The number of rotatable bonds is 6. The van der Waals surface area contributed by atoms with Gasteiger partial charge in [0.25, 0.3) is 0 Å². The van der Waals surface area contributed by atoms with Gasteiger partial charge in [0.1, 0.15) is 11.8 Å². The minimum Gasteiger partial charge on any atom is -0.496 e. The van der Waals surface area contributed by atoms with E-state index in [1.54, 1.807) is 7.11 Å². The van der Waals surface area contributed by atoms with Gasteiger partial charge < -0.3 is 14.8 Å². The van der Waals surface area contributed by atoms with Gasteiger partial charge in [-0.25, -0.2) is 0 Å². The molecule has 0 radical (unpaired) electrons. The molecule has 1 heterocycles. The van der Waals surface area contributed by atoms with Crippen LogP contribution in [0.15, 0.2) is 12.1 Å². The van der Waals surface area contributed by atoms with E-state index in [9.17, 15) is 9.59 Å². The molecule has 0 bridgehead atoms. The van der Waals surface area contributed by atoms with Crippen LogP contribution in [0.2, 0.25) is 0 Å². The second kappa shape index (κ2) is 8.34. The maximum atomic E-state index is 12.2. The van der Waals surface area contributed by atoms with Gasteiger partial charge in [-0.05, 0) is 43.0 Å². The number of nitrogens with zero attached hydrogens (tertiary/aromatic N) is 1. The molecule has 138 valence electrons. The Morgan fingerprint density at radius 2 is 1.96 bits per heavy atom. The first-order valence-corrected chi connectivity index (χ1v) is 8.64. The number of methoxy groups -OCH3 is 2. The number of nitrogens with one attached hydrogen (secondary N) is 1. The highest BCUT2D eigenvalue weighted by atomic mass is 16.5. The summed E-state index contributed by atoms with van der Waals surface area (Å²) in [4.78, 5) is 25.9. The topological polar surface area (TPSA) is 67.9 Å². The molecule has 2 atom stereocenters. The SMILES string of the molecule is CCC(=O)N[C@H]1C[C@@H](C(=O)OC)N(Cc2cc(C)c(OC)cc2C)C1. The fourth-order valence-corrected chi connectivity index (χ4v) is 3.35. The number of carbonyl (C=O) groups is 2. The molecule has 0 aliphatic carbocycles. The molecule has 1 fully saturated rings. The van der Waals surface area contributed by atoms with Crippen molar-refractivity contribution in [3.05, 3.63) is 28.8 Å². The molecular formula is C19H28N2O4. The normalized spacial score (nSPS) is 20.4. The summed E-state index contributed by atoms with van der Waals surface area (Å²) in [6, 6.07) is 3.75. The van der Waals surface area contributed by atoms with E-state index in [-0.39, 0.29) is 24.0 Å². The van der Waals surface area contributed by atoms with Crippen LogP contribution in [0.5, 0.6) is 5.75 Å². The summed E-state index contributed by atoms with van der Waals surface area (Å²) in [5, 5.41) is 2.99. The van der Waals surface area contributed by atoms with Crippen molar-refractivity contribution < 1.29 is 19.1 Å². The maximum absolute atomic E-state index is 12.2. The highest BCUT2D eigenvalue weighted by Crippen LogP contribution is 2.27. The standard InChI is InChI=1S/C19H28N2O4/c1-6-18(22)20-15-9-16(19(23)25-5)21(11-15)10-14-7-13(3)17(24-4)8-12(14)2/h7-8,15-16H,6,9-11H2,1-5H3,(H,20,22)/t15-,16-/m0/s1. The van der Waals surface area contributed by atoms with Crippen molar-refractivity contribution in [3.63, 3.8) is 0 Å². The highest BCUT2D eigenvalue weighted by molar-refractivity contribution is 5.78. The van der Waals surface area contributed by atoms with Crippen LogP contribution in [0, 0.1) is 13.8 Å². The van der Waals surface area contributed by atoms with Crippen molar-refractivity contribution in [1.82, 2.24) is 10.2 Å². The molecule has 1 aromatic rings. The lowest BCUT2D eigenvalue weighted by molar-refractivity contribution is -0.146. The van der Waals surface area contributed by atoms with Crippen LogP contribution in [0.25, 0.3) is 0 Å². The smallest absolute Gasteiger partial charge is 0.323 e. The first-order chi connectivity index (χ1) is 11.9. The van der Waals surface area contributed by atoms with Crippen LogP contribution < -0.4 is 10.1 Å². The molecule has 1 N–H and O–H groups in total. The van der Waals surface area contributed by atoms with E-state index in [1.807, 2.05) is 26.8 Å². The summed E-state index contributed by atoms with van der Waals surface area (Å²) in [6.07, 6.45) is 1.02. The minimum absolute atomic E-state index is 0.00642. The molecule has 2 rings (SSSR count). The van der Waals surface area contributed by atoms with Gasteiger partial charge in [-0.3, -0.25) is 14.5 Å². The van der Waals surface area contributed by atoms with Crippen molar-refractivity contribution in [3.8, 4) is 5.75 Å². The van der Waals surface area contributed by atoms with Crippen LogP contribution in [0.4, 0.5) is 0 Å². The molecule has 1 aromatic carbocycles. The summed E-state index contributed by atoms with van der Waals surface area (Å²) in [6.45, 7) is 7.14. The van der Waals surface area contributed by atoms with Crippen molar-refractivity contribution in [2.24, 2.45) is 0 Å². The Kier molecular flexibility index (Phi) is 6.42. The van der Waals surface area contributed by atoms with Crippen molar-refractivity contribution in [1.29, 1.82) is 0 Å². The Bertz CT molecular complexity index is 645. The highest BCUT2D eigenvalue weighted by Gasteiger charge is 2.38. The molecular weight excluding hydrogens is 320 g/mol. The average Bonchev–Trinajstić information content (AvgIpc) is 2.99. The Labute approximate surface area is 149 Å². The van der Waals surface area contributed by atoms with Crippen LogP contribution >= 0.6 is 0 Å². The number of esters is 1. The van der Waals surface area contributed by atoms with Crippen LogP contribution in [-0.2, 0) is 20.9 Å². The predicted octanol–water partition coefficient (Wildman–Crippen LogP) is 1.95. The summed E-state index contributed by atoms with van der Waals surface area (Å²) in [5.74, 6) is 0.614. The predicted molar refractivity (Wildman–Crippen MR) is 95.5 cm³/mol. The molecule has 1 amide bonds. The fourth-order valence-electron chi connectivity index (χ4n) is 3.35. The third-order valence-corrected chi connectivity index (χ3v) is 4.79. The van der Waals surface area contributed by atoms with Gasteiger partial charge in [0.2, 0.25) is 5.91 Å². The Morgan fingerprint density at radius 3 is 2.56 bits per heavy atom. The monoisotopic (exact) mass is 348 g/mol. The molecule has 25 heavy (non-hydrogen) atoms. The second-order valence-electron chi connectivity index (χ2n) is 6.57. The number of likely N-dealkylation sites (tertiary alicyclic amines) is 1. The zero-order chi connectivity index (χ0) is 18.6. The average molecular weight is 348 g/mol. The quantitative estimate of drug-likeness (QED) is 0.796. The minimum atomic E-state index is -0.339. The van der Waals surface area contributed by atoms with Crippen LogP contribution in [0.3, 0.4) is 0 Å². The van der Waals surface area contributed by atoms with Crippen molar-refractivity contribution in [2.75, 3.05) is 20.8 Å². The van der Waals surface area contributed by atoms with E-state index in [1.165, 1.54) is 7.11 Å². The lowest BCUT2D eigenvalue weighted by Gasteiger charge is -2.23. The van der Waals surface area contributed by atoms with Gasteiger partial charge in [0, 0.05) is 25.6 Å². The summed E-state index contributed by atoms with van der Waals surface area (Å²) in [5.41, 5.74) is 3.33. The summed E-state index contributed by atoms with van der Waals surface area (Å²) in [7, 11) is 3.07. The van der Waals surface area contributed by atoms with Crippen molar-refractivity contribution >= 4 is 11.9 Å². The second-order valence-corrected chi connectivity index (χ2v) is 6.57. The zero-order valence-corrected chi connectivity index (χ0v) is 15.7. The number of benzene rings is 1. The number of aryl methyl sites for hydroxylation is 2. The maximum Gasteiger partial charge on any atom is 0.323 e. The number of amides is 1. The Balaban J connectivity index is 2.18. The van der Waals surface area contributed by atoms with Gasteiger partial charge >= 0.3 is 5.97 Å².